The first-order valence-corrected chi connectivity index (χ1v) is 7.32. The van der Waals surface area contributed by atoms with Crippen LogP contribution in [-0.2, 0) is 12.8 Å². The highest BCUT2D eigenvalue weighted by molar-refractivity contribution is 5.32. The van der Waals surface area contributed by atoms with E-state index in [1.807, 2.05) is 0 Å². The monoisotopic (exact) mass is 247 g/mol. The summed E-state index contributed by atoms with van der Waals surface area (Å²) in [5.74, 6) is 1.44. The zero-order chi connectivity index (χ0) is 12.8. The number of fused-ring (bicyclic) bond motifs is 1. The molecule has 2 aliphatic rings. The Kier molecular flexibility index (Phi) is 2.97. The van der Waals surface area contributed by atoms with Gasteiger partial charge in [-0.3, -0.25) is 5.10 Å². The summed E-state index contributed by atoms with van der Waals surface area (Å²) in [5, 5.41) is 11.4. The summed E-state index contributed by atoms with van der Waals surface area (Å²) in [4.78, 5) is 0. The van der Waals surface area contributed by atoms with Crippen molar-refractivity contribution in [3.63, 3.8) is 0 Å². The average Bonchev–Trinajstić information content (AvgIpc) is 2.95. The Labute approximate surface area is 110 Å². The van der Waals surface area contributed by atoms with Crippen molar-refractivity contribution in [2.24, 2.45) is 11.3 Å². The van der Waals surface area contributed by atoms with E-state index in [9.17, 15) is 0 Å². The van der Waals surface area contributed by atoms with Gasteiger partial charge in [0.15, 0.2) is 0 Å². The minimum atomic E-state index is 0.417. The van der Waals surface area contributed by atoms with Gasteiger partial charge in [0.05, 0.1) is 5.69 Å². The number of aryl methyl sites for hydroxylation is 1. The van der Waals surface area contributed by atoms with Crippen LogP contribution in [0.4, 0.5) is 0 Å². The number of aromatic nitrogens is 2. The second-order valence-corrected chi connectivity index (χ2v) is 7.06. The van der Waals surface area contributed by atoms with Crippen molar-refractivity contribution in [2.45, 2.75) is 52.4 Å². The molecule has 2 unspecified atom stereocenters. The molecule has 2 heterocycles. The van der Waals surface area contributed by atoms with Gasteiger partial charge < -0.3 is 5.32 Å². The summed E-state index contributed by atoms with van der Waals surface area (Å²) < 4.78 is 0. The van der Waals surface area contributed by atoms with Crippen LogP contribution in [-0.4, -0.2) is 23.3 Å². The molecule has 18 heavy (non-hydrogen) atoms. The maximum absolute atomic E-state index is 4.63. The molecule has 0 spiro atoms. The molecule has 0 aromatic carbocycles. The molecule has 3 nitrogen and oxygen atoms in total. The lowest BCUT2D eigenvalue weighted by Gasteiger charge is -2.34. The summed E-state index contributed by atoms with van der Waals surface area (Å²) in [7, 11) is 0. The molecule has 1 saturated heterocycles. The predicted molar refractivity (Wildman–Crippen MR) is 73.8 cm³/mol. The fraction of sp³-hybridized carbons (Fsp3) is 0.800. The zero-order valence-corrected chi connectivity index (χ0v) is 11.8. The Bertz CT molecular complexity index is 421. The van der Waals surface area contributed by atoms with Gasteiger partial charge in [0.2, 0.25) is 0 Å². The summed E-state index contributed by atoms with van der Waals surface area (Å²) >= 11 is 0. The lowest BCUT2D eigenvalue weighted by molar-refractivity contribution is 0.215. The molecule has 2 atom stereocenters. The van der Waals surface area contributed by atoms with E-state index in [2.05, 4.69) is 36.3 Å². The Balaban J connectivity index is 1.86. The smallest absolute Gasteiger partial charge is 0.0701 e. The van der Waals surface area contributed by atoms with E-state index >= 15 is 0 Å². The van der Waals surface area contributed by atoms with Crippen molar-refractivity contribution in [1.82, 2.24) is 15.5 Å². The van der Waals surface area contributed by atoms with Gasteiger partial charge in [0, 0.05) is 18.2 Å². The van der Waals surface area contributed by atoms with E-state index in [-0.39, 0.29) is 0 Å². The third kappa shape index (κ3) is 2.09. The Hall–Kier alpha value is -0.830. The predicted octanol–water partition coefficient (Wildman–Crippen LogP) is 2.64. The second-order valence-electron chi connectivity index (χ2n) is 7.06. The van der Waals surface area contributed by atoms with E-state index in [0.717, 1.165) is 19.0 Å². The molecule has 1 aliphatic carbocycles. The third-order valence-electron chi connectivity index (χ3n) is 4.85. The fourth-order valence-corrected chi connectivity index (χ4v) is 3.48. The summed E-state index contributed by atoms with van der Waals surface area (Å²) in [5.41, 5.74) is 4.75. The number of hydrogen-bond acceptors (Lipinski definition) is 2. The molecule has 0 saturated carbocycles. The average molecular weight is 247 g/mol. The van der Waals surface area contributed by atoms with Crippen LogP contribution in [0.1, 0.15) is 56.5 Å². The van der Waals surface area contributed by atoms with Crippen molar-refractivity contribution in [2.75, 3.05) is 13.1 Å². The normalized spacial score (nSPS) is 28.4. The van der Waals surface area contributed by atoms with Crippen molar-refractivity contribution < 1.29 is 0 Å². The maximum Gasteiger partial charge on any atom is 0.0701 e. The van der Waals surface area contributed by atoms with Gasteiger partial charge in [-0.2, -0.15) is 5.10 Å². The van der Waals surface area contributed by atoms with Crippen molar-refractivity contribution >= 4 is 0 Å². The van der Waals surface area contributed by atoms with Crippen molar-refractivity contribution in [3.8, 4) is 0 Å². The van der Waals surface area contributed by atoms with Crippen LogP contribution in [0.3, 0.4) is 0 Å². The molecular weight excluding hydrogens is 222 g/mol. The zero-order valence-electron chi connectivity index (χ0n) is 11.8. The first kappa shape index (κ1) is 12.2. The van der Waals surface area contributed by atoms with Crippen molar-refractivity contribution in [1.29, 1.82) is 0 Å². The molecule has 0 radical (unpaired) electrons. The fourth-order valence-electron chi connectivity index (χ4n) is 3.48. The quantitative estimate of drug-likeness (QED) is 0.801. The third-order valence-corrected chi connectivity index (χ3v) is 4.85. The molecule has 1 aromatic heterocycles. The first-order valence-electron chi connectivity index (χ1n) is 7.32. The highest BCUT2D eigenvalue weighted by Crippen LogP contribution is 2.39. The molecule has 2 N–H and O–H groups in total. The van der Waals surface area contributed by atoms with E-state index in [1.54, 1.807) is 5.56 Å². The molecule has 0 bridgehead atoms. The van der Waals surface area contributed by atoms with Gasteiger partial charge in [-0.1, -0.05) is 20.8 Å². The number of nitrogens with one attached hydrogen (secondary N) is 2. The van der Waals surface area contributed by atoms with Crippen LogP contribution in [0.25, 0.3) is 0 Å². The number of H-pyrrole nitrogens is 1. The van der Waals surface area contributed by atoms with Gasteiger partial charge in [-0.25, -0.2) is 0 Å². The van der Waals surface area contributed by atoms with E-state index < -0.39 is 0 Å². The van der Waals surface area contributed by atoms with Crippen LogP contribution < -0.4 is 5.32 Å². The minimum absolute atomic E-state index is 0.417. The Morgan fingerprint density at radius 3 is 2.72 bits per heavy atom. The van der Waals surface area contributed by atoms with E-state index in [4.69, 9.17) is 0 Å². The lowest BCUT2D eigenvalue weighted by Crippen LogP contribution is -2.27. The Morgan fingerprint density at radius 1 is 1.22 bits per heavy atom. The van der Waals surface area contributed by atoms with E-state index in [0.29, 0.717) is 11.3 Å². The lowest BCUT2D eigenvalue weighted by atomic mass is 9.71. The van der Waals surface area contributed by atoms with Gasteiger partial charge in [-0.05, 0) is 49.1 Å². The van der Waals surface area contributed by atoms with Crippen LogP contribution in [0.5, 0.6) is 0 Å². The molecule has 0 amide bonds. The largest absolute Gasteiger partial charge is 0.316 e. The summed E-state index contributed by atoms with van der Waals surface area (Å²) in [6.45, 7) is 9.38. The molecule has 100 valence electrons. The maximum atomic E-state index is 4.63. The van der Waals surface area contributed by atoms with Crippen LogP contribution in [0, 0.1) is 11.3 Å². The second kappa shape index (κ2) is 4.37. The standard InChI is InChI=1S/C15H25N3/c1-15(2,3)11-4-5-13-12(8-11)14(18-17-13)10-6-7-16-9-10/h10-11,16H,4-9H2,1-3H3,(H,17,18). The summed E-state index contributed by atoms with van der Waals surface area (Å²) in [6, 6.07) is 0. The van der Waals surface area contributed by atoms with E-state index in [1.165, 1.54) is 37.1 Å². The molecule has 1 aromatic rings. The minimum Gasteiger partial charge on any atom is -0.316 e. The number of nitrogens with zero attached hydrogens (tertiary/aromatic N) is 1. The number of aromatic amines is 1. The van der Waals surface area contributed by atoms with Gasteiger partial charge in [-0.15, -0.1) is 0 Å². The van der Waals surface area contributed by atoms with Crippen molar-refractivity contribution in [3.05, 3.63) is 17.0 Å². The van der Waals surface area contributed by atoms with Crippen LogP contribution in [0.2, 0.25) is 0 Å². The van der Waals surface area contributed by atoms with Gasteiger partial charge in [0.1, 0.15) is 0 Å². The van der Waals surface area contributed by atoms with Gasteiger partial charge >= 0.3 is 0 Å². The molecule has 3 heteroatoms. The highest BCUT2D eigenvalue weighted by atomic mass is 15.1. The topological polar surface area (TPSA) is 40.7 Å². The SMILES string of the molecule is CC(C)(C)C1CCc2[nH]nc(C3CCNC3)c2C1. The van der Waals surface area contributed by atoms with Gasteiger partial charge in [0.25, 0.3) is 0 Å². The highest BCUT2D eigenvalue weighted by Gasteiger charge is 2.33. The number of hydrogen-bond donors (Lipinski definition) is 2. The molecule has 1 aliphatic heterocycles. The molecular formula is C15H25N3. The summed E-state index contributed by atoms with van der Waals surface area (Å²) in [6.07, 6.45) is 4.96. The first-order chi connectivity index (χ1) is 8.55. The number of rotatable bonds is 1. The van der Waals surface area contributed by atoms with Crippen LogP contribution in [0.15, 0.2) is 0 Å². The van der Waals surface area contributed by atoms with Crippen LogP contribution >= 0.6 is 0 Å². The Morgan fingerprint density at radius 2 is 2.06 bits per heavy atom. The molecule has 1 fully saturated rings. The molecule has 3 rings (SSSR count).